The maximum absolute atomic E-state index is 11.4. The molecule has 0 spiro atoms. The number of nitrogens with zero attached hydrogens (tertiary/aromatic N) is 3. The molecule has 150 valence electrons. The van der Waals surface area contributed by atoms with Gasteiger partial charge in [0, 0.05) is 16.6 Å². The number of primary sulfonamides is 1. The molecule has 0 saturated carbocycles. The third-order valence-corrected chi connectivity index (χ3v) is 7.01. The Morgan fingerprint density at radius 1 is 1.03 bits per heavy atom. The van der Waals surface area contributed by atoms with Crippen molar-refractivity contribution in [2.24, 2.45) is 5.14 Å². The Labute approximate surface area is 180 Å². The SMILES string of the molecule is N#Cc1ccc(-c2csc(-c3sc(Nc4ccc(S(N)(=O)=O)cc4)nc3N)n2)cc1. The van der Waals surface area contributed by atoms with Crippen LogP contribution in [0.4, 0.5) is 16.6 Å². The highest BCUT2D eigenvalue weighted by atomic mass is 32.2. The molecule has 0 aliphatic carbocycles. The lowest BCUT2D eigenvalue weighted by atomic mass is 10.1. The summed E-state index contributed by atoms with van der Waals surface area (Å²) >= 11 is 2.80. The summed E-state index contributed by atoms with van der Waals surface area (Å²) in [7, 11) is -3.74. The van der Waals surface area contributed by atoms with Crippen LogP contribution in [0, 0.1) is 11.3 Å². The highest BCUT2D eigenvalue weighted by molar-refractivity contribution is 7.89. The number of hydrogen-bond donors (Lipinski definition) is 3. The van der Waals surface area contributed by atoms with Gasteiger partial charge in [0.1, 0.15) is 15.7 Å². The van der Waals surface area contributed by atoms with Gasteiger partial charge in [-0.15, -0.1) is 11.3 Å². The Hall–Kier alpha value is -3.30. The summed E-state index contributed by atoms with van der Waals surface area (Å²) in [6, 6.07) is 15.3. The number of hydrogen-bond acceptors (Lipinski definition) is 9. The zero-order valence-electron chi connectivity index (χ0n) is 15.2. The number of nitrogens with one attached hydrogen (secondary N) is 1. The summed E-state index contributed by atoms with van der Waals surface area (Å²) in [4.78, 5) is 9.75. The van der Waals surface area contributed by atoms with Crippen molar-refractivity contribution in [3.05, 3.63) is 59.5 Å². The molecule has 5 N–H and O–H groups in total. The second-order valence-electron chi connectivity index (χ2n) is 6.15. The third kappa shape index (κ3) is 4.17. The molecule has 0 aliphatic heterocycles. The topological polar surface area (TPSA) is 148 Å². The number of sulfonamides is 1. The lowest BCUT2D eigenvalue weighted by Crippen LogP contribution is -2.11. The molecule has 30 heavy (non-hydrogen) atoms. The van der Waals surface area contributed by atoms with Gasteiger partial charge in [0.15, 0.2) is 5.13 Å². The van der Waals surface area contributed by atoms with Crippen molar-refractivity contribution in [3.8, 4) is 27.2 Å². The summed E-state index contributed by atoms with van der Waals surface area (Å²) in [6.45, 7) is 0. The first-order valence-electron chi connectivity index (χ1n) is 8.46. The third-order valence-electron chi connectivity index (χ3n) is 4.10. The number of nitriles is 1. The fourth-order valence-electron chi connectivity index (χ4n) is 2.62. The van der Waals surface area contributed by atoms with Gasteiger partial charge in [-0.25, -0.2) is 23.5 Å². The molecule has 4 rings (SSSR count). The number of thiazole rings is 2. The number of nitrogen functional groups attached to an aromatic ring is 1. The van der Waals surface area contributed by atoms with Crippen molar-refractivity contribution in [1.82, 2.24) is 9.97 Å². The second kappa shape index (κ2) is 7.85. The predicted molar refractivity (Wildman–Crippen MR) is 119 cm³/mol. The quantitative estimate of drug-likeness (QED) is 0.415. The average molecular weight is 455 g/mol. The summed E-state index contributed by atoms with van der Waals surface area (Å²) < 4.78 is 22.7. The van der Waals surface area contributed by atoms with Crippen LogP contribution >= 0.6 is 22.7 Å². The number of rotatable bonds is 5. The first kappa shape index (κ1) is 20.0. The van der Waals surface area contributed by atoms with E-state index >= 15 is 0 Å². The smallest absolute Gasteiger partial charge is 0.238 e. The molecule has 2 aromatic carbocycles. The molecular formula is C19H14N6O2S3. The minimum Gasteiger partial charge on any atom is -0.382 e. The first-order valence-corrected chi connectivity index (χ1v) is 11.7. The molecule has 0 radical (unpaired) electrons. The van der Waals surface area contributed by atoms with E-state index in [1.165, 1.54) is 34.8 Å². The van der Waals surface area contributed by atoms with Crippen molar-refractivity contribution >= 4 is 49.3 Å². The van der Waals surface area contributed by atoms with Crippen molar-refractivity contribution in [3.63, 3.8) is 0 Å². The molecule has 0 saturated heterocycles. The van der Waals surface area contributed by atoms with Gasteiger partial charge in [-0.05, 0) is 36.4 Å². The van der Waals surface area contributed by atoms with Crippen LogP contribution in [0.15, 0.2) is 58.8 Å². The molecule has 0 unspecified atom stereocenters. The highest BCUT2D eigenvalue weighted by Gasteiger charge is 2.15. The summed E-state index contributed by atoms with van der Waals surface area (Å²) in [5, 5.41) is 20.4. The number of nitrogens with two attached hydrogens (primary N) is 2. The lowest BCUT2D eigenvalue weighted by Gasteiger charge is -2.03. The van der Waals surface area contributed by atoms with Gasteiger partial charge < -0.3 is 11.1 Å². The van der Waals surface area contributed by atoms with Crippen molar-refractivity contribution in [2.45, 2.75) is 4.90 Å². The Morgan fingerprint density at radius 3 is 2.37 bits per heavy atom. The van der Waals surface area contributed by atoms with Crippen molar-refractivity contribution in [2.75, 3.05) is 11.1 Å². The minimum absolute atomic E-state index is 0.0329. The highest BCUT2D eigenvalue weighted by Crippen LogP contribution is 2.39. The summed E-state index contributed by atoms with van der Waals surface area (Å²) in [6.07, 6.45) is 0. The lowest BCUT2D eigenvalue weighted by molar-refractivity contribution is 0.598. The van der Waals surface area contributed by atoms with Gasteiger partial charge in [-0.2, -0.15) is 5.26 Å². The Balaban J connectivity index is 1.56. The van der Waals surface area contributed by atoms with Gasteiger partial charge in [0.2, 0.25) is 10.0 Å². The first-order chi connectivity index (χ1) is 14.3. The van der Waals surface area contributed by atoms with Crippen LogP contribution in [0.3, 0.4) is 0 Å². The van der Waals surface area contributed by atoms with E-state index in [-0.39, 0.29) is 4.90 Å². The van der Waals surface area contributed by atoms with Gasteiger partial charge in [0.05, 0.1) is 22.2 Å². The molecule has 0 fully saturated rings. The molecule has 2 heterocycles. The van der Waals surface area contributed by atoms with Gasteiger partial charge in [-0.3, -0.25) is 0 Å². The van der Waals surface area contributed by atoms with Gasteiger partial charge in [0.25, 0.3) is 0 Å². The Morgan fingerprint density at radius 2 is 1.73 bits per heavy atom. The van der Waals surface area contributed by atoms with Crippen LogP contribution in [0.25, 0.3) is 21.1 Å². The largest absolute Gasteiger partial charge is 0.382 e. The summed E-state index contributed by atoms with van der Waals surface area (Å²) in [5.41, 5.74) is 9.03. The number of benzene rings is 2. The molecule has 2 aromatic heterocycles. The van der Waals surface area contributed by atoms with E-state index in [1.807, 2.05) is 17.5 Å². The fraction of sp³-hybridized carbons (Fsp3) is 0. The van der Waals surface area contributed by atoms with Gasteiger partial charge in [-0.1, -0.05) is 23.5 Å². The average Bonchev–Trinajstić information content (AvgIpc) is 3.34. The van der Waals surface area contributed by atoms with Crippen molar-refractivity contribution in [1.29, 1.82) is 5.26 Å². The molecule has 4 aromatic rings. The van der Waals surface area contributed by atoms with E-state index < -0.39 is 10.0 Å². The molecule has 0 aliphatic rings. The molecule has 8 nitrogen and oxygen atoms in total. The van der Waals surface area contributed by atoms with Crippen LogP contribution in [-0.4, -0.2) is 18.4 Å². The van der Waals surface area contributed by atoms with E-state index in [0.717, 1.165) is 21.1 Å². The second-order valence-corrected chi connectivity index (χ2v) is 9.57. The minimum atomic E-state index is -3.74. The molecule has 0 atom stereocenters. The van der Waals surface area contributed by atoms with E-state index in [0.29, 0.717) is 22.2 Å². The van der Waals surface area contributed by atoms with Crippen LogP contribution in [0.5, 0.6) is 0 Å². The number of aromatic nitrogens is 2. The molecular weight excluding hydrogens is 440 g/mol. The molecule has 0 amide bonds. The maximum atomic E-state index is 11.4. The van der Waals surface area contributed by atoms with Crippen molar-refractivity contribution < 1.29 is 8.42 Å². The number of anilines is 3. The fourth-order valence-corrected chi connectivity index (χ4v) is 4.97. The van der Waals surface area contributed by atoms with E-state index in [4.69, 9.17) is 16.1 Å². The molecule has 11 heteroatoms. The Bertz CT molecular complexity index is 1350. The van der Waals surface area contributed by atoms with E-state index in [2.05, 4.69) is 21.4 Å². The zero-order chi connectivity index (χ0) is 21.3. The van der Waals surface area contributed by atoms with Crippen LogP contribution in [0.1, 0.15) is 5.56 Å². The van der Waals surface area contributed by atoms with E-state index in [9.17, 15) is 8.42 Å². The Kier molecular flexibility index (Phi) is 5.23. The zero-order valence-corrected chi connectivity index (χ0v) is 17.7. The van der Waals surface area contributed by atoms with E-state index in [1.54, 1.807) is 24.3 Å². The van der Waals surface area contributed by atoms with Crippen LogP contribution < -0.4 is 16.2 Å². The summed E-state index contributed by atoms with van der Waals surface area (Å²) in [5.74, 6) is 0.351. The maximum Gasteiger partial charge on any atom is 0.238 e. The monoisotopic (exact) mass is 454 g/mol. The van der Waals surface area contributed by atoms with Crippen LogP contribution in [0.2, 0.25) is 0 Å². The van der Waals surface area contributed by atoms with Crippen LogP contribution in [-0.2, 0) is 10.0 Å². The molecule has 0 bridgehead atoms. The normalized spacial score (nSPS) is 11.2. The standard InChI is InChI=1S/C19H14N6O2S3/c20-9-11-1-3-12(4-2-11)15-10-28-18(24-15)16-17(21)25-19(29-16)23-13-5-7-14(8-6-13)30(22,26)27/h1-8,10H,21H2,(H,23,25)(H2,22,26,27). The predicted octanol–water partition coefficient (Wildman–Crippen LogP) is 3.78. The van der Waals surface area contributed by atoms with Gasteiger partial charge >= 0.3 is 0 Å².